The van der Waals surface area contributed by atoms with Crippen molar-refractivity contribution in [3.05, 3.63) is 39.0 Å². The molecule has 0 atom stereocenters. The Morgan fingerprint density at radius 3 is 2.56 bits per heavy atom. The zero-order valence-corrected chi connectivity index (χ0v) is 19.1. The lowest BCUT2D eigenvalue weighted by atomic mass is 10.2. The molecule has 1 aromatic carbocycles. The number of alkyl halides is 2. The number of imidazole rings is 1. The Bertz CT molecular complexity index is 1260. The van der Waals surface area contributed by atoms with Gasteiger partial charge in [0.2, 0.25) is 0 Å². The highest BCUT2D eigenvalue weighted by molar-refractivity contribution is 5.77. The summed E-state index contributed by atoms with van der Waals surface area (Å²) in [4.78, 5) is 34.6. The molecule has 3 heterocycles. The van der Waals surface area contributed by atoms with Crippen molar-refractivity contribution in [3.8, 4) is 22.9 Å². The Kier molecular flexibility index (Phi) is 7.27. The van der Waals surface area contributed by atoms with Crippen LogP contribution in [0.2, 0.25) is 0 Å². The number of aryl methyl sites for hydroxylation is 1. The average Bonchev–Trinajstić information content (AvgIpc) is 3.21. The molecule has 3 aromatic rings. The van der Waals surface area contributed by atoms with Gasteiger partial charge in [0.15, 0.2) is 22.7 Å². The molecule has 10 nitrogen and oxygen atoms in total. The van der Waals surface area contributed by atoms with Gasteiger partial charge in [-0.25, -0.2) is 9.78 Å². The molecule has 0 aliphatic carbocycles. The first-order valence-electron chi connectivity index (χ1n) is 11.1. The SMILES string of the molecule is CCCn1c(=O)[nH]c(=O)c2c1nc(-c1ccc(OC(F)F)c(OC)c1)n2CCN1CCOCC1. The molecule has 12 heteroatoms. The average molecular weight is 479 g/mol. The maximum absolute atomic E-state index is 12.9. The van der Waals surface area contributed by atoms with Gasteiger partial charge in [-0.3, -0.25) is 19.2 Å². The highest BCUT2D eigenvalue weighted by atomic mass is 19.3. The second-order valence-corrected chi connectivity index (χ2v) is 7.87. The Morgan fingerprint density at radius 2 is 1.88 bits per heavy atom. The fourth-order valence-corrected chi connectivity index (χ4v) is 4.11. The third-order valence-corrected chi connectivity index (χ3v) is 5.71. The topological polar surface area (TPSA) is 104 Å². The highest BCUT2D eigenvalue weighted by Gasteiger charge is 2.22. The maximum atomic E-state index is 12.9. The van der Waals surface area contributed by atoms with Crippen LogP contribution in [0, 0.1) is 0 Å². The number of benzene rings is 1. The first-order valence-corrected chi connectivity index (χ1v) is 11.1. The van der Waals surface area contributed by atoms with E-state index in [9.17, 15) is 18.4 Å². The van der Waals surface area contributed by atoms with Gasteiger partial charge in [0, 0.05) is 38.3 Å². The van der Waals surface area contributed by atoms with Crippen molar-refractivity contribution >= 4 is 11.2 Å². The van der Waals surface area contributed by atoms with E-state index in [4.69, 9.17) is 9.47 Å². The van der Waals surface area contributed by atoms with Crippen LogP contribution in [-0.4, -0.2) is 70.6 Å². The zero-order valence-electron chi connectivity index (χ0n) is 19.1. The molecule has 4 rings (SSSR count). The van der Waals surface area contributed by atoms with Crippen LogP contribution in [0.3, 0.4) is 0 Å². The summed E-state index contributed by atoms with van der Waals surface area (Å²) in [5.74, 6) is 0.411. The highest BCUT2D eigenvalue weighted by Crippen LogP contribution is 2.34. The molecule has 1 aliphatic rings. The summed E-state index contributed by atoms with van der Waals surface area (Å²) in [7, 11) is 1.35. The standard InChI is InChI=1S/C22H27F2N5O5/c1-3-6-29-19-17(20(30)26-22(29)31)28(8-7-27-9-11-33-12-10-27)18(25-19)14-4-5-15(34-21(23)24)16(13-14)32-2/h4-5,13,21H,3,6-12H2,1-2H3,(H,26,30,31). The third kappa shape index (κ3) is 4.82. The van der Waals surface area contributed by atoms with Gasteiger partial charge in [0.1, 0.15) is 5.82 Å². The molecule has 1 fully saturated rings. The minimum absolute atomic E-state index is 0.101. The van der Waals surface area contributed by atoms with Gasteiger partial charge in [-0.1, -0.05) is 6.92 Å². The van der Waals surface area contributed by atoms with E-state index in [0.717, 1.165) is 13.1 Å². The zero-order chi connectivity index (χ0) is 24.2. The second kappa shape index (κ2) is 10.3. The number of rotatable bonds is 9. The summed E-state index contributed by atoms with van der Waals surface area (Å²) < 4.78 is 43.9. The number of ether oxygens (including phenoxy) is 3. The van der Waals surface area contributed by atoms with Gasteiger partial charge in [-0.15, -0.1) is 0 Å². The van der Waals surface area contributed by atoms with Crippen LogP contribution in [0.5, 0.6) is 11.5 Å². The molecule has 2 aromatic heterocycles. The van der Waals surface area contributed by atoms with Crippen molar-refractivity contribution in [1.29, 1.82) is 0 Å². The minimum Gasteiger partial charge on any atom is -0.493 e. The fraction of sp³-hybridized carbons (Fsp3) is 0.500. The van der Waals surface area contributed by atoms with Crippen molar-refractivity contribution < 1.29 is 23.0 Å². The first kappa shape index (κ1) is 23.9. The van der Waals surface area contributed by atoms with Crippen LogP contribution in [0.1, 0.15) is 13.3 Å². The molecule has 184 valence electrons. The van der Waals surface area contributed by atoms with Crippen LogP contribution in [0.25, 0.3) is 22.6 Å². The lowest BCUT2D eigenvalue weighted by Crippen LogP contribution is -2.38. The van der Waals surface area contributed by atoms with Gasteiger partial charge in [-0.05, 0) is 24.6 Å². The Morgan fingerprint density at radius 1 is 1.12 bits per heavy atom. The number of nitrogens with one attached hydrogen (secondary N) is 1. The molecule has 1 aliphatic heterocycles. The lowest BCUT2D eigenvalue weighted by molar-refractivity contribution is -0.0512. The lowest BCUT2D eigenvalue weighted by Gasteiger charge is -2.26. The molecule has 1 saturated heterocycles. The normalized spacial score (nSPS) is 14.7. The number of methoxy groups -OCH3 is 1. The number of fused-ring (bicyclic) bond motifs is 1. The summed E-state index contributed by atoms with van der Waals surface area (Å²) in [5.41, 5.74) is 0.0360. The van der Waals surface area contributed by atoms with E-state index in [2.05, 4.69) is 19.6 Å². The number of morpholine rings is 1. The van der Waals surface area contributed by atoms with Gasteiger partial charge in [-0.2, -0.15) is 8.78 Å². The number of hydrogen-bond donors (Lipinski definition) is 1. The van der Waals surface area contributed by atoms with E-state index in [0.29, 0.717) is 50.7 Å². The van der Waals surface area contributed by atoms with Crippen LogP contribution in [0.4, 0.5) is 8.78 Å². The van der Waals surface area contributed by atoms with Gasteiger partial charge < -0.3 is 18.8 Å². The Balaban J connectivity index is 1.85. The molecule has 0 bridgehead atoms. The van der Waals surface area contributed by atoms with Crippen molar-refractivity contribution in [1.82, 2.24) is 24.0 Å². The summed E-state index contributed by atoms with van der Waals surface area (Å²) in [6.45, 7) is 3.18. The van der Waals surface area contributed by atoms with Crippen molar-refractivity contribution in [2.45, 2.75) is 33.0 Å². The minimum atomic E-state index is -3.00. The van der Waals surface area contributed by atoms with E-state index < -0.39 is 17.9 Å². The summed E-state index contributed by atoms with van der Waals surface area (Å²) in [5, 5.41) is 0. The van der Waals surface area contributed by atoms with Crippen LogP contribution in [-0.2, 0) is 17.8 Å². The Hall–Kier alpha value is -3.25. The molecular formula is C22H27F2N5O5. The van der Waals surface area contributed by atoms with E-state index in [1.54, 1.807) is 10.6 Å². The maximum Gasteiger partial charge on any atom is 0.387 e. The Labute approximate surface area is 193 Å². The van der Waals surface area contributed by atoms with E-state index in [1.807, 2.05) is 6.92 Å². The second-order valence-electron chi connectivity index (χ2n) is 7.87. The van der Waals surface area contributed by atoms with Gasteiger partial charge in [0.25, 0.3) is 5.56 Å². The number of hydrogen-bond acceptors (Lipinski definition) is 7. The van der Waals surface area contributed by atoms with E-state index in [-0.39, 0.29) is 22.7 Å². The fourth-order valence-electron chi connectivity index (χ4n) is 4.11. The van der Waals surface area contributed by atoms with Crippen LogP contribution < -0.4 is 20.7 Å². The van der Waals surface area contributed by atoms with E-state index >= 15 is 0 Å². The predicted molar refractivity (Wildman–Crippen MR) is 121 cm³/mol. The summed E-state index contributed by atoms with van der Waals surface area (Å²) in [6.07, 6.45) is 0.671. The van der Waals surface area contributed by atoms with Crippen molar-refractivity contribution in [2.24, 2.45) is 0 Å². The van der Waals surface area contributed by atoms with Crippen molar-refractivity contribution in [2.75, 3.05) is 40.0 Å². The quantitative estimate of drug-likeness (QED) is 0.500. The van der Waals surface area contributed by atoms with Crippen LogP contribution in [0.15, 0.2) is 27.8 Å². The monoisotopic (exact) mass is 479 g/mol. The molecule has 1 N–H and O–H groups in total. The number of aromatic amines is 1. The van der Waals surface area contributed by atoms with Crippen LogP contribution >= 0.6 is 0 Å². The van der Waals surface area contributed by atoms with E-state index in [1.165, 1.54) is 23.8 Å². The molecule has 0 saturated carbocycles. The molecule has 0 radical (unpaired) electrons. The predicted octanol–water partition coefficient (Wildman–Crippen LogP) is 1.91. The smallest absolute Gasteiger partial charge is 0.387 e. The molecule has 0 unspecified atom stereocenters. The molecular weight excluding hydrogens is 452 g/mol. The third-order valence-electron chi connectivity index (χ3n) is 5.71. The number of halogens is 2. The van der Waals surface area contributed by atoms with Gasteiger partial charge >= 0.3 is 12.3 Å². The molecule has 0 amide bonds. The largest absolute Gasteiger partial charge is 0.493 e. The first-order chi connectivity index (χ1) is 16.4. The number of aromatic nitrogens is 4. The molecule has 0 spiro atoms. The number of H-pyrrole nitrogens is 1. The molecule has 34 heavy (non-hydrogen) atoms. The van der Waals surface area contributed by atoms with Gasteiger partial charge in [0.05, 0.1) is 20.3 Å². The number of nitrogens with zero attached hydrogens (tertiary/aromatic N) is 4. The van der Waals surface area contributed by atoms with Crippen molar-refractivity contribution in [3.63, 3.8) is 0 Å². The summed E-state index contributed by atoms with van der Waals surface area (Å²) in [6, 6.07) is 4.47. The summed E-state index contributed by atoms with van der Waals surface area (Å²) >= 11 is 0.